The van der Waals surface area contributed by atoms with Crippen LogP contribution in [-0.2, 0) is 14.3 Å². The molecule has 3 rings (SSSR count). The van der Waals surface area contributed by atoms with Gasteiger partial charge in [-0.2, -0.15) is 0 Å². The van der Waals surface area contributed by atoms with Crippen molar-refractivity contribution in [2.75, 3.05) is 26.2 Å². The molecule has 2 atom stereocenters. The summed E-state index contributed by atoms with van der Waals surface area (Å²) in [6.45, 7) is 5.18. The van der Waals surface area contributed by atoms with Crippen molar-refractivity contribution < 1.29 is 14.3 Å². The SMILES string of the molecule is CCCO[C@H]1CCCN(C(=O)[C@H]2CC(=O)N(C3CC3)C2)CC1. The predicted molar refractivity (Wildman–Crippen MR) is 83.3 cm³/mol. The van der Waals surface area contributed by atoms with Crippen molar-refractivity contribution in [1.29, 1.82) is 0 Å². The van der Waals surface area contributed by atoms with E-state index >= 15 is 0 Å². The zero-order valence-corrected chi connectivity index (χ0v) is 13.6. The number of hydrogen-bond donors (Lipinski definition) is 0. The molecule has 1 aliphatic carbocycles. The van der Waals surface area contributed by atoms with Crippen molar-refractivity contribution >= 4 is 11.8 Å². The molecule has 124 valence electrons. The van der Waals surface area contributed by atoms with E-state index in [4.69, 9.17) is 4.74 Å². The molecule has 0 spiro atoms. The summed E-state index contributed by atoms with van der Waals surface area (Å²) in [5, 5.41) is 0. The standard InChI is InChI=1S/C17H28N2O3/c1-2-10-22-15-4-3-8-18(9-7-15)17(21)13-11-16(20)19(12-13)14-5-6-14/h13-15H,2-12H2,1H3/t13-,15-/m0/s1. The van der Waals surface area contributed by atoms with E-state index in [9.17, 15) is 9.59 Å². The summed E-state index contributed by atoms with van der Waals surface area (Å²) in [5.41, 5.74) is 0. The van der Waals surface area contributed by atoms with Crippen molar-refractivity contribution in [3.8, 4) is 0 Å². The third-order valence-corrected chi connectivity index (χ3v) is 5.04. The topological polar surface area (TPSA) is 49.9 Å². The summed E-state index contributed by atoms with van der Waals surface area (Å²) in [6.07, 6.45) is 6.97. The van der Waals surface area contributed by atoms with Crippen LogP contribution in [0.2, 0.25) is 0 Å². The average molecular weight is 308 g/mol. The third-order valence-electron chi connectivity index (χ3n) is 5.04. The first-order valence-electron chi connectivity index (χ1n) is 8.89. The van der Waals surface area contributed by atoms with Gasteiger partial charge in [-0.3, -0.25) is 9.59 Å². The lowest BCUT2D eigenvalue weighted by molar-refractivity contribution is -0.135. The van der Waals surface area contributed by atoms with Crippen LogP contribution in [0.1, 0.15) is 51.9 Å². The van der Waals surface area contributed by atoms with Gasteiger partial charge in [-0.15, -0.1) is 0 Å². The van der Waals surface area contributed by atoms with Gasteiger partial charge < -0.3 is 14.5 Å². The minimum Gasteiger partial charge on any atom is -0.378 e. The summed E-state index contributed by atoms with van der Waals surface area (Å²) in [6, 6.07) is 0.432. The monoisotopic (exact) mass is 308 g/mol. The van der Waals surface area contributed by atoms with Crippen molar-refractivity contribution in [1.82, 2.24) is 9.80 Å². The first-order chi connectivity index (χ1) is 10.7. The van der Waals surface area contributed by atoms with Crippen LogP contribution >= 0.6 is 0 Å². The summed E-state index contributed by atoms with van der Waals surface area (Å²) in [7, 11) is 0. The van der Waals surface area contributed by atoms with Crippen LogP contribution in [-0.4, -0.2) is 60.0 Å². The predicted octanol–water partition coefficient (Wildman–Crippen LogP) is 1.80. The highest BCUT2D eigenvalue weighted by Crippen LogP contribution is 2.33. The fourth-order valence-electron chi connectivity index (χ4n) is 3.63. The zero-order chi connectivity index (χ0) is 15.5. The van der Waals surface area contributed by atoms with Gasteiger partial charge in [-0.05, 0) is 38.5 Å². The number of carbonyl (C=O) groups excluding carboxylic acids is 2. The van der Waals surface area contributed by atoms with Crippen LogP contribution in [0.5, 0.6) is 0 Å². The Morgan fingerprint density at radius 1 is 1.23 bits per heavy atom. The van der Waals surface area contributed by atoms with Crippen LogP contribution < -0.4 is 0 Å². The molecule has 1 saturated carbocycles. The molecule has 5 heteroatoms. The maximum atomic E-state index is 12.7. The molecule has 0 unspecified atom stereocenters. The molecular formula is C17H28N2O3. The Balaban J connectivity index is 1.51. The molecular weight excluding hydrogens is 280 g/mol. The average Bonchev–Trinajstić information content (AvgIpc) is 3.31. The smallest absolute Gasteiger partial charge is 0.227 e. The quantitative estimate of drug-likeness (QED) is 0.778. The molecule has 2 heterocycles. The van der Waals surface area contributed by atoms with Crippen LogP contribution in [0.4, 0.5) is 0 Å². The van der Waals surface area contributed by atoms with E-state index in [0.717, 1.165) is 58.2 Å². The van der Waals surface area contributed by atoms with E-state index in [0.29, 0.717) is 25.1 Å². The molecule has 5 nitrogen and oxygen atoms in total. The second-order valence-corrected chi connectivity index (χ2v) is 6.93. The lowest BCUT2D eigenvalue weighted by Gasteiger charge is -2.24. The molecule has 2 aliphatic heterocycles. The molecule has 3 fully saturated rings. The van der Waals surface area contributed by atoms with Gasteiger partial charge in [0.05, 0.1) is 12.0 Å². The molecule has 3 aliphatic rings. The van der Waals surface area contributed by atoms with Gasteiger partial charge in [0.2, 0.25) is 11.8 Å². The minimum absolute atomic E-state index is 0.110. The van der Waals surface area contributed by atoms with E-state index in [1.807, 2.05) is 9.80 Å². The Bertz CT molecular complexity index is 422. The number of ether oxygens (including phenoxy) is 1. The Labute approximate surface area is 133 Å². The van der Waals surface area contributed by atoms with E-state index in [1.54, 1.807) is 0 Å². The first kappa shape index (κ1) is 15.8. The molecule has 2 saturated heterocycles. The van der Waals surface area contributed by atoms with Gasteiger partial charge >= 0.3 is 0 Å². The van der Waals surface area contributed by atoms with E-state index in [1.165, 1.54) is 0 Å². The molecule has 0 aromatic carbocycles. The highest BCUT2D eigenvalue weighted by atomic mass is 16.5. The van der Waals surface area contributed by atoms with Crippen molar-refractivity contribution in [2.45, 2.75) is 64.0 Å². The lowest BCUT2D eigenvalue weighted by atomic mass is 10.1. The summed E-state index contributed by atoms with van der Waals surface area (Å²) in [5.74, 6) is 0.258. The van der Waals surface area contributed by atoms with Gasteiger partial charge in [0.15, 0.2) is 0 Å². The van der Waals surface area contributed by atoms with Gasteiger partial charge in [0.25, 0.3) is 0 Å². The largest absolute Gasteiger partial charge is 0.378 e. The maximum Gasteiger partial charge on any atom is 0.227 e. The fourth-order valence-corrected chi connectivity index (χ4v) is 3.63. The lowest BCUT2D eigenvalue weighted by Crippen LogP contribution is -2.38. The first-order valence-corrected chi connectivity index (χ1v) is 8.89. The molecule has 0 bridgehead atoms. The summed E-state index contributed by atoms with van der Waals surface area (Å²) >= 11 is 0. The highest BCUT2D eigenvalue weighted by Gasteiger charge is 2.42. The molecule has 0 aromatic heterocycles. The van der Waals surface area contributed by atoms with Crippen LogP contribution in [0.3, 0.4) is 0 Å². The normalized spacial score (nSPS) is 29.8. The zero-order valence-electron chi connectivity index (χ0n) is 13.6. The highest BCUT2D eigenvalue weighted by molar-refractivity contribution is 5.89. The van der Waals surface area contributed by atoms with Gasteiger partial charge in [-0.25, -0.2) is 0 Å². The van der Waals surface area contributed by atoms with Crippen molar-refractivity contribution in [3.63, 3.8) is 0 Å². The van der Waals surface area contributed by atoms with Crippen LogP contribution in [0, 0.1) is 5.92 Å². The van der Waals surface area contributed by atoms with E-state index < -0.39 is 0 Å². The Hall–Kier alpha value is -1.10. The minimum atomic E-state index is -0.110. The number of carbonyl (C=O) groups is 2. The third kappa shape index (κ3) is 3.62. The molecule has 22 heavy (non-hydrogen) atoms. The summed E-state index contributed by atoms with van der Waals surface area (Å²) in [4.78, 5) is 28.7. The van der Waals surface area contributed by atoms with Crippen LogP contribution in [0.15, 0.2) is 0 Å². The van der Waals surface area contributed by atoms with E-state index in [2.05, 4.69) is 6.92 Å². The second kappa shape index (κ2) is 6.99. The second-order valence-electron chi connectivity index (χ2n) is 6.93. The Morgan fingerprint density at radius 3 is 2.77 bits per heavy atom. The number of nitrogens with zero attached hydrogens (tertiary/aromatic N) is 2. The van der Waals surface area contributed by atoms with Crippen molar-refractivity contribution in [2.24, 2.45) is 5.92 Å². The number of rotatable bonds is 5. The molecule has 2 amide bonds. The van der Waals surface area contributed by atoms with Gasteiger partial charge in [0, 0.05) is 38.7 Å². The fraction of sp³-hybridized carbons (Fsp3) is 0.882. The number of likely N-dealkylation sites (tertiary alicyclic amines) is 2. The number of amides is 2. The number of hydrogen-bond acceptors (Lipinski definition) is 3. The maximum absolute atomic E-state index is 12.7. The summed E-state index contributed by atoms with van der Waals surface area (Å²) < 4.78 is 5.84. The Morgan fingerprint density at radius 2 is 2.05 bits per heavy atom. The van der Waals surface area contributed by atoms with Gasteiger partial charge in [0.1, 0.15) is 0 Å². The van der Waals surface area contributed by atoms with Gasteiger partial charge in [-0.1, -0.05) is 6.92 Å². The van der Waals surface area contributed by atoms with Crippen LogP contribution in [0.25, 0.3) is 0 Å². The Kier molecular flexibility index (Phi) is 5.01. The molecule has 0 aromatic rings. The molecule has 0 radical (unpaired) electrons. The van der Waals surface area contributed by atoms with Crippen molar-refractivity contribution in [3.05, 3.63) is 0 Å². The van der Waals surface area contributed by atoms with E-state index in [-0.39, 0.29) is 17.7 Å². The molecule has 0 N–H and O–H groups in total.